The highest BCUT2D eigenvalue weighted by molar-refractivity contribution is 5.82. The first-order chi connectivity index (χ1) is 11.5. The van der Waals surface area contributed by atoms with E-state index in [1.54, 1.807) is 4.57 Å². The van der Waals surface area contributed by atoms with E-state index < -0.39 is 0 Å². The van der Waals surface area contributed by atoms with Gasteiger partial charge in [-0.25, -0.2) is 4.99 Å². The van der Waals surface area contributed by atoms with Gasteiger partial charge in [0.25, 0.3) is 5.56 Å². The van der Waals surface area contributed by atoms with Crippen LogP contribution < -0.4 is 10.9 Å². The maximum atomic E-state index is 12.0. The topological polar surface area (TPSA) is 49.6 Å². The molecule has 5 heteroatoms. The molecule has 1 aromatic rings. The molecule has 1 aromatic heterocycles. The van der Waals surface area contributed by atoms with Gasteiger partial charge in [0.05, 0.1) is 6.04 Å². The van der Waals surface area contributed by atoms with Gasteiger partial charge in [-0.15, -0.1) is 0 Å². The minimum Gasteiger partial charge on any atom is -0.356 e. The Labute approximate surface area is 145 Å². The number of rotatable bonds is 6. The number of nitrogens with zero attached hydrogens (tertiary/aromatic N) is 3. The van der Waals surface area contributed by atoms with Gasteiger partial charge in [0.2, 0.25) is 0 Å². The Morgan fingerprint density at radius 2 is 2.00 bits per heavy atom. The molecular weight excluding hydrogens is 300 g/mol. The Morgan fingerprint density at radius 3 is 2.62 bits per heavy atom. The van der Waals surface area contributed by atoms with Crippen molar-refractivity contribution in [1.82, 2.24) is 14.8 Å². The summed E-state index contributed by atoms with van der Waals surface area (Å²) >= 11 is 0. The summed E-state index contributed by atoms with van der Waals surface area (Å²) in [6.07, 6.45) is 8.32. The molecular formula is C19H30N4O. The Bertz CT molecular complexity index is 661. The number of aryl methyl sites for hydroxylation is 2. The van der Waals surface area contributed by atoms with Crippen molar-refractivity contribution in [2.75, 3.05) is 13.6 Å². The van der Waals surface area contributed by atoms with Crippen molar-refractivity contribution >= 4 is 5.96 Å². The van der Waals surface area contributed by atoms with E-state index in [1.807, 2.05) is 32.4 Å². The quantitative estimate of drug-likeness (QED) is 0.815. The molecule has 24 heavy (non-hydrogen) atoms. The monoisotopic (exact) mass is 330 g/mol. The highest BCUT2D eigenvalue weighted by atomic mass is 16.1. The van der Waals surface area contributed by atoms with Crippen molar-refractivity contribution in [3.8, 4) is 0 Å². The number of nitrogens with one attached hydrogen (secondary N) is 1. The van der Waals surface area contributed by atoms with Crippen LogP contribution in [0.1, 0.15) is 56.7 Å². The van der Waals surface area contributed by atoms with E-state index in [0.29, 0.717) is 0 Å². The van der Waals surface area contributed by atoms with Gasteiger partial charge < -0.3 is 14.8 Å². The summed E-state index contributed by atoms with van der Waals surface area (Å²) in [5, 5.41) is 3.44. The molecule has 1 aliphatic rings. The van der Waals surface area contributed by atoms with Crippen LogP contribution in [0.15, 0.2) is 33.8 Å². The van der Waals surface area contributed by atoms with Crippen LogP contribution in [0.25, 0.3) is 0 Å². The van der Waals surface area contributed by atoms with Crippen LogP contribution in [0, 0.1) is 6.92 Å². The number of guanidine groups is 1. The van der Waals surface area contributed by atoms with Crippen molar-refractivity contribution in [3.05, 3.63) is 45.5 Å². The first-order valence-corrected chi connectivity index (χ1v) is 8.90. The molecule has 0 spiro atoms. The molecule has 0 saturated heterocycles. The summed E-state index contributed by atoms with van der Waals surface area (Å²) < 4.78 is 1.68. The highest BCUT2D eigenvalue weighted by Gasteiger charge is 2.27. The molecule has 2 rings (SSSR count). The van der Waals surface area contributed by atoms with E-state index >= 15 is 0 Å². The maximum absolute atomic E-state index is 12.0. The van der Waals surface area contributed by atoms with Crippen molar-refractivity contribution in [1.29, 1.82) is 0 Å². The van der Waals surface area contributed by atoms with Crippen molar-refractivity contribution in [3.63, 3.8) is 0 Å². The smallest absolute Gasteiger partial charge is 0.253 e. The van der Waals surface area contributed by atoms with E-state index in [4.69, 9.17) is 0 Å². The molecule has 1 unspecified atom stereocenters. The fraction of sp³-hybridized carbons (Fsp3) is 0.579. The summed E-state index contributed by atoms with van der Waals surface area (Å²) in [5.41, 5.74) is 3.27. The average molecular weight is 330 g/mol. The highest BCUT2D eigenvalue weighted by Crippen LogP contribution is 2.32. The van der Waals surface area contributed by atoms with Crippen LogP contribution in [-0.2, 0) is 7.05 Å². The van der Waals surface area contributed by atoms with Crippen molar-refractivity contribution in [2.24, 2.45) is 12.0 Å². The molecule has 0 bridgehead atoms. The first-order valence-electron chi connectivity index (χ1n) is 8.90. The summed E-state index contributed by atoms with van der Waals surface area (Å²) in [6, 6.07) is 2.14. The first kappa shape index (κ1) is 18.3. The lowest BCUT2D eigenvalue weighted by Crippen LogP contribution is -2.43. The van der Waals surface area contributed by atoms with Gasteiger partial charge in [0, 0.05) is 38.6 Å². The number of likely N-dealkylation sites (N-methyl/N-ethyl adjacent to an activating group) is 1. The minimum atomic E-state index is 0.0631. The van der Waals surface area contributed by atoms with Crippen LogP contribution in [0.4, 0.5) is 0 Å². The summed E-state index contributed by atoms with van der Waals surface area (Å²) in [5.74, 6) is 0.903. The predicted molar refractivity (Wildman–Crippen MR) is 100 cm³/mol. The van der Waals surface area contributed by atoms with Crippen molar-refractivity contribution in [2.45, 2.75) is 52.5 Å². The zero-order chi connectivity index (χ0) is 17.7. The molecule has 1 N–H and O–H groups in total. The molecule has 1 aliphatic heterocycles. The number of hydrogen-bond donors (Lipinski definition) is 1. The Balaban J connectivity index is 2.37. The molecule has 132 valence electrons. The van der Waals surface area contributed by atoms with Gasteiger partial charge in [-0.3, -0.25) is 4.79 Å². The molecule has 0 radical (unpaired) electrons. The van der Waals surface area contributed by atoms with Gasteiger partial charge in [0.1, 0.15) is 0 Å². The summed E-state index contributed by atoms with van der Waals surface area (Å²) in [4.78, 5) is 18.8. The van der Waals surface area contributed by atoms with Crippen LogP contribution in [0.3, 0.4) is 0 Å². The lowest BCUT2D eigenvalue weighted by atomic mass is 9.94. The van der Waals surface area contributed by atoms with Gasteiger partial charge in [0.15, 0.2) is 5.96 Å². The van der Waals surface area contributed by atoms with Crippen LogP contribution in [0.5, 0.6) is 0 Å². The molecule has 0 fully saturated rings. The van der Waals surface area contributed by atoms with Gasteiger partial charge in [-0.1, -0.05) is 26.7 Å². The van der Waals surface area contributed by atoms with E-state index in [-0.39, 0.29) is 11.6 Å². The lowest BCUT2D eigenvalue weighted by molar-refractivity contribution is 0.385. The third kappa shape index (κ3) is 3.89. The van der Waals surface area contributed by atoms with Crippen LogP contribution in [0.2, 0.25) is 0 Å². The number of hydrogen-bond acceptors (Lipinski definition) is 4. The van der Waals surface area contributed by atoms with Crippen molar-refractivity contribution < 1.29 is 0 Å². The second-order valence-corrected chi connectivity index (χ2v) is 6.57. The van der Waals surface area contributed by atoms with E-state index in [2.05, 4.69) is 36.1 Å². The third-order valence-electron chi connectivity index (χ3n) is 4.48. The molecule has 0 saturated carbocycles. The van der Waals surface area contributed by atoms with Gasteiger partial charge in [-0.2, -0.15) is 0 Å². The number of unbranched alkanes of at least 4 members (excludes halogenated alkanes) is 1. The van der Waals surface area contributed by atoms with E-state index in [0.717, 1.165) is 49.3 Å². The van der Waals surface area contributed by atoms with E-state index in [9.17, 15) is 4.79 Å². The molecule has 0 amide bonds. The minimum absolute atomic E-state index is 0.0631. The Kier molecular flexibility index (Phi) is 6.23. The molecule has 1 atom stereocenters. The zero-order valence-electron chi connectivity index (χ0n) is 15.6. The second kappa shape index (κ2) is 8.18. The standard InChI is InChI=1S/C19H30N4O/c1-6-8-10-20-19-21-12-15(9-7-2)17(23(19)5)16-11-14(3)18(24)22(4)13-16/h11-13,17H,6-10H2,1-5H3,(H,20,21). The third-order valence-corrected chi connectivity index (χ3v) is 4.48. The number of aliphatic imine (C=N–C) groups is 1. The van der Waals surface area contributed by atoms with E-state index in [1.165, 1.54) is 5.57 Å². The molecule has 0 aliphatic carbocycles. The molecule has 5 nitrogen and oxygen atoms in total. The van der Waals surface area contributed by atoms with Crippen LogP contribution in [-0.4, -0.2) is 29.0 Å². The number of pyridine rings is 1. The largest absolute Gasteiger partial charge is 0.356 e. The summed E-state index contributed by atoms with van der Waals surface area (Å²) in [6.45, 7) is 7.17. The SMILES string of the molecule is CCCCNC1=NC=C(CCC)C(c2cc(C)c(=O)n(C)c2)N1C. The normalized spacial score (nSPS) is 17.5. The fourth-order valence-corrected chi connectivity index (χ4v) is 3.21. The average Bonchev–Trinajstić information content (AvgIpc) is 2.55. The Hall–Kier alpha value is -2.04. The second-order valence-electron chi connectivity index (χ2n) is 6.57. The molecule has 2 heterocycles. The lowest BCUT2D eigenvalue weighted by Gasteiger charge is -2.36. The zero-order valence-corrected chi connectivity index (χ0v) is 15.6. The fourth-order valence-electron chi connectivity index (χ4n) is 3.21. The Morgan fingerprint density at radius 1 is 1.25 bits per heavy atom. The van der Waals surface area contributed by atoms with Gasteiger partial charge >= 0.3 is 0 Å². The number of aromatic nitrogens is 1. The maximum Gasteiger partial charge on any atom is 0.253 e. The van der Waals surface area contributed by atoms with Gasteiger partial charge in [-0.05, 0) is 37.0 Å². The molecule has 0 aromatic carbocycles. The predicted octanol–water partition coefficient (Wildman–Crippen LogP) is 3.11. The summed E-state index contributed by atoms with van der Waals surface area (Å²) in [7, 11) is 3.89. The van der Waals surface area contributed by atoms with Crippen LogP contribution >= 0.6 is 0 Å².